The van der Waals surface area contributed by atoms with E-state index in [4.69, 9.17) is 4.74 Å². The van der Waals surface area contributed by atoms with Crippen molar-refractivity contribution >= 4 is 21.8 Å². The zero-order valence-electron chi connectivity index (χ0n) is 12.3. The average molecular weight is 361 g/mol. The fourth-order valence-electron chi connectivity index (χ4n) is 2.51. The molecule has 0 N–H and O–H groups in total. The summed E-state index contributed by atoms with van der Waals surface area (Å²) in [4.78, 5) is 18.6. The molecule has 1 aromatic carbocycles. The molecular formula is C17H17BrN2O2. The maximum atomic E-state index is 12.5. The zero-order chi connectivity index (χ0) is 15.5. The smallest absolute Gasteiger partial charge is 0.255 e. The van der Waals surface area contributed by atoms with Crippen LogP contribution in [0.5, 0.6) is 5.88 Å². The van der Waals surface area contributed by atoms with Gasteiger partial charge in [0.05, 0.1) is 12.1 Å². The third-order valence-electron chi connectivity index (χ3n) is 3.71. The summed E-state index contributed by atoms with van der Waals surface area (Å²) in [6, 6.07) is 11.3. The third kappa shape index (κ3) is 3.30. The normalized spacial score (nSPS) is 17.5. The Kier molecular flexibility index (Phi) is 4.43. The Morgan fingerprint density at radius 3 is 2.86 bits per heavy atom. The van der Waals surface area contributed by atoms with Gasteiger partial charge in [0.2, 0.25) is 5.88 Å². The van der Waals surface area contributed by atoms with Gasteiger partial charge in [0, 0.05) is 29.7 Å². The number of amides is 1. The first kappa shape index (κ1) is 15.0. The second-order valence-electron chi connectivity index (χ2n) is 5.43. The molecule has 3 rings (SSSR count). The van der Waals surface area contributed by atoms with Crippen molar-refractivity contribution in [3.63, 3.8) is 0 Å². The number of carbonyl (C=O) groups is 1. The topological polar surface area (TPSA) is 42.4 Å². The van der Waals surface area contributed by atoms with Crippen molar-refractivity contribution < 1.29 is 9.53 Å². The molecule has 5 heteroatoms. The molecule has 1 fully saturated rings. The van der Waals surface area contributed by atoms with Crippen LogP contribution >= 0.6 is 15.9 Å². The van der Waals surface area contributed by atoms with Crippen molar-refractivity contribution in [3.05, 3.63) is 58.2 Å². The number of pyridine rings is 1. The maximum Gasteiger partial charge on any atom is 0.255 e. The van der Waals surface area contributed by atoms with Crippen LogP contribution in [0.2, 0.25) is 0 Å². The van der Waals surface area contributed by atoms with Gasteiger partial charge >= 0.3 is 0 Å². The van der Waals surface area contributed by atoms with Gasteiger partial charge in [-0.05, 0) is 40.5 Å². The van der Waals surface area contributed by atoms with Gasteiger partial charge in [-0.3, -0.25) is 4.79 Å². The van der Waals surface area contributed by atoms with E-state index in [1.165, 1.54) is 0 Å². The lowest BCUT2D eigenvalue weighted by Crippen LogP contribution is -2.31. The van der Waals surface area contributed by atoms with Crippen LogP contribution in [-0.4, -0.2) is 35.0 Å². The average Bonchev–Trinajstić information content (AvgIpc) is 2.98. The number of hydrogen-bond acceptors (Lipinski definition) is 3. The van der Waals surface area contributed by atoms with Gasteiger partial charge < -0.3 is 9.64 Å². The molecule has 0 aliphatic carbocycles. The van der Waals surface area contributed by atoms with Crippen LogP contribution in [-0.2, 0) is 0 Å². The predicted molar refractivity (Wildman–Crippen MR) is 88.1 cm³/mol. The van der Waals surface area contributed by atoms with Crippen molar-refractivity contribution in [2.45, 2.75) is 19.4 Å². The van der Waals surface area contributed by atoms with Gasteiger partial charge in [-0.1, -0.05) is 18.2 Å². The van der Waals surface area contributed by atoms with Crippen LogP contribution < -0.4 is 4.74 Å². The van der Waals surface area contributed by atoms with E-state index in [0.717, 1.165) is 16.5 Å². The van der Waals surface area contributed by atoms with Gasteiger partial charge in [-0.15, -0.1) is 0 Å². The molecule has 114 valence electrons. The summed E-state index contributed by atoms with van der Waals surface area (Å²) in [6.07, 6.45) is 2.61. The van der Waals surface area contributed by atoms with Crippen LogP contribution in [0, 0.1) is 6.92 Å². The fourth-order valence-corrected chi connectivity index (χ4v) is 2.96. The highest BCUT2D eigenvalue weighted by Crippen LogP contribution is 2.22. The Bertz CT molecular complexity index is 673. The predicted octanol–water partition coefficient (Wildman–Crippen LogP) is 3.45. The largest absolute Gasteiger partial charge is 0.472 e. The van der Waals surface area contributed by atoms with Crippen molar-refractivity contribution in [1.82, 2.24) is 9.88 Å². The third-order valence-corrected chi connectivity index (χ3v) is 4.40. The molecule has 1 aromatic heterocycles. The minimum Gasteiger partial charge on any atom is -0.472 e. The van der Waals surface area contributed by atoms with Crippen molar-refractivity contribution in [2.24, 2.45) is 0 Å². The van der Waals surface area contributed by atoms with Crippen LogP contribution in [0.25, 0.3) is 0 Å². The first-order valence-electron chi connectivity index (χ1n) is 7.26. The molecule has 0 bridgehead atoms. The summed E-state index contributed by atoms with van der Waals surface area (Å²) >= 11 is 3.43. The number of nitrogens with zero attached hydrogens (tertiary/aromatic N) is 2. The Hall–Kier alpha value is -1.88. The number of halogens is 1. The van der Waals surface area contributed by atoms with E-state index in [1.807, 2.05) is 48.2 Å². The molecular weight excluding hydrogens is 344 g/mol. The molecule has 1 amide bonds. The lowest BCUT2D eigenvalue weighted by atomic mass is 10.2. The summed E-state index contributed by atoms with van der Waals surface area (Å²) < 4.78 is 6.68. The van der Waals surface area contributed by atoms with E-state index < -0.39 is 0 Å². The molecule has 2 heterocycles. The number of hydrogen-bond donors (Lipinski definition) is 0. The van der Waals surface area contributed by atoms with Crippen molar-refractivity contribution in [1.29, 1.82) is 0 Å². The molecule has 0 saturated carbocycles. The zero-order valence-corrected chi connectivity index (χ0v) is 13.9. The van der Waals surface area contributed by atoms with Crippen LogP contribution in [0.3, 0.4) is 0 Å². The van der Waals surface area contributed by atoms with Crippen LogP contribution in [0.1, 0.15) is 22.3 Å². The van der Waals surface area contributed by atoms with E-state index in [2.05, 4.69) is 20.9 Å². The van der Waals surface area contributed by atoms with Crippen LogP contribution in [0.15, 0.2) is 47.1 Å². The Balaban J connectivity index is 1.63. The first-order valence-corrected chi connectivity index (χ1v) is 8.06. The SMILES string of the molecule is Cc1ccc(OC2CCN(C(=O)c3ccccc3Br)C2)nc1. The number of rotatable bonds is 3. The maximum absolute atomic E-state index is 12.5. The number of benzene rings is 1. The number of carbonyl (C=O) groups excluding carboxylic acids is 1. The van der Waals surface area contributed by atoms with Gasteiger partial charge in [-0.2, -0.15) is 0 Å². The lowest BCUT2D eigenvalue weighted by Gasteiger charge is -2.17. The molecule has 4 nitrogen and oxygen atoms in total. The quantitative estimate of drug-likeness (QED) is 0.841. The van der Waals surface area contributed by atoms with E-state index in [-0.39, 0.29) is 12.0 Å². The summed E-state index contributed by atoms with van der Waals surface area (Å²) in [6.45, 7) is 3.29. The molecule has 1 unspecified atom stereocenters. The monoisotopic (exact) mass is 360 g/mol. The molecule has 22 heavy (non-hydrogen) atoms. The molecule has 1 atom stereocenters. The van der Waals surface area contributed by atoms with E-state index >= 15 is 0 Å². The van der Waals surface area contributed by atoms with Gasteiger partial charge in [0.1, 0.15) is 6.10 Å². The highest BCUT2D eigenvalue weighted by atomic mass is 79.9. The highest BCUT2D eigenvalue weighted by molar-refractivity contribution is 9.10. The summed E-state index contributed by atoms with van der Waals surface area (Å²) in [5.74, 6) is 0.654. The number of likely N-dealkylation sites (tertiary alicyclic amines) is 1. The Morgan fingerprint density at radius 1 is 1.32 bits per heavy atom. The molecule has 1 aliphatic heterocycles. The van der Waals surface area contributed by atoms with E-state index in [9.17, 15) is 4.79 Å². The highest BCUT2D eigenvalue weighted by Gasteiger charge is 2.29. The van der Waals surface area contributed by atoms with Crippen molar-refractivity contribution in [3.8, 4) is 5.88 Å². The molecule has 1 saturated heterocycles. The first-order chi connectivity index (χ1) is 10.6. The van der Waals surface area contributed by atoms with E-state index in [1.54, 1.807) is 6.20 Å². The van der Waals surface area contributed by atoms with Crippen molar-refractivity contribution in [2.75, 3.05) is 13.1 Å². The summed E-state index contributed by atoms with van der Waals surface area (Å²) in [5, 5.41) is 0. The second kappa shape index (κ2) is 6.48. The summed E-state index contributed by atoms with van der Waals surface area (Å²) in [5.41, 5.74) is 1.79. The standard InChI is InChI=1S/C17H17BrN2O2/c1-12-6-7-16(19-10-12)22-13-8-9-20(11-13)17(21)14-4-2-3-5-15(14)18/h2-7,10,13H,8-9,11H2,1H3. The molecule has 2 aromatic rings. The summed E-state index contributed by atoms with van der Waals surface area (Å²) in [7, 11) is 0. The fraction of sp³-hybridized carbons (Fsp3) is 0.294. The lowest BCUT2D eigenvalue weighted by molar-refractivity contribution is 0.0770. The van der Waals surface area contributed by atoms with Gasteiger partial charge in [-0.25, -0.2) is 4.98 Å². The number of aryl methyl sites for hydroxylation is 1. The molecule has 1 aliphatic rings. The second-order valence-corrected chi connectivity index (χ2v) is 6.29. The van der Waals surface area contributed by atoms with E-state index in [0.29, 0.717) is 24.5 Å². The number of ether oxygens (including phenoxy) is 1. The van der Waals surface area contributed by atoms with Gasteiger partial charge in [0.25, 0.3) is 5.91 Å². The molecule has 0 spiro atoms. The molecule has 0 radical (unpaired) electrons. The Labute approximate surface area is 138 Å². The Morgan fingerprint density at radius 2 is 2.14 bits per heavy atom. The minimum absolute atomic E-state index is 0.00152. The minimum atomic E-state index is 0.00152. The van der Waals surface area contributed by atoms with Crippen LogP contribution in [0.4, 0.5) is 0 Å². The number of aromatic nitrogens is 1. The van der Waals surface area contributed by atoms with Gasteiger partial charge in [0.15, 0.2) is 0 Å².